The average molecular weight is 274 g/mol. The first-order valence-corrected chi connectivity index (χ1v) is 5.71. The number of halogens is 3. The summed E-state index contributed by atoms with van der Waals surface area (Å²) in [6.45, 7) is 2.35. The number of anilines is 1. The highest BCUT2D eigenvalue weighted by atomic mass is 35.5. The number of nitrogens with one attached hydrogen (secondary N) is 2. The topological polar surface area (TPSA) is 40.7 Å². The van der Waals surface area contributed by atoms with Crippen molar-refractivity contribution in [3.8, 4) is 0 Å². The van der Waals surface area contributed by atoms with Crippen molar-refractivity contribution in [3.63, 3.8) is 0 Å². The van der Waals surface area contributed by atoms with E-state index in [-0.39, 0.29) is 10.0 Å². The van der Waals surface area contributed by atoms with E-state index in [2.05, 4.69) is 15.3 Å². The van der Waals surface area contributed by atoms with Crippen LogP contribution in [-0.4, -0.2) is 9.97 Å². The Labute approximate surface area is 108 Å². The molecule has 0 amide bonds. The van der Waals surface area contributed by atoms with Crippen molar-refractivity contribution >= 4 is 28.9 Å². The van der Waals surface area contributed by atoms with Gasteiger partial charge in [-0.3, -0.25) is 0 Å². The van der Waals surface area contributed by atoms with Crippen LogP contribution < -0.4 is 5.32 Å². The average Bonchev–Trinajstić information content (AvgIpc) is 2.62. The predicted molar refractivity (Wildman–Crippen MR) is 67.1 cm³/mol. The van der Waals surface area contributed by atoms with Crippen molar-refractivity contribution in [1.29, 1.82) is 0 Å². The minimum absolute atomic E-state index is 0.256. The van der Waals surface area contributed by atoms with Crippen molar-refractivity contribution in [1.82, 2.24) is 9.97 Å². The number of H-pyrrole nitrogens is 1. The summed E-state index contributed by atoms with van der Waals surface area (Å²) < 4.78 is 13.0. The summed E-state index contributed by atoms with van der Waals surface area (Å²) in [6.07, 6.45) is 1.72. The first-order chi connectivity index (χ1) is 8.06. The van der Waals surface area contributed by atoms with Crippen LogP contribution >= 0.6 is 23.2 Å². The molecule has 2 aromatic rings. The van der Waals surface area contributed by atoms with Gasteiger partial charge in [0, 0.05) is 0 Å². The van der Waals surface area contributed by atoms with E-state index in [1.54, 1.807) is 6.20 Å². The standard InChI is InChI=1S/C11H10Cl2FN3/c1-6-15-4-8(17-6)5-16-11-9(12)2-7(14)3-10(11)13/h2-4,16H,5H2,1H3,(H,15,17). The Morgan fingerprint density at radius 1 is 1.35 bits per heavy atom. The highest BCUT2D eigenvalue weighted by Gasteiger charge is 2.08. The molecule has 6 heteroatoms. The molecule has 0 atom stereocenters. The SMILES string of the molecule is Cc1ncc(CNc2c(Cl)cc(F)cc2Cl)[nH]1. The number of benzene rings is 1. The summed E-state index contributed by atoms with van der Waals surface area (Å²) in [7, 11) is 0. The number of nitrogens with zero attached hydrogens (tertiary/aromatic N) is 1. The van der Waals surface area contributed by atoms with Crippen LogP contribution in [0.15, 0.2) is 18.3 Å². The Hall–Kier alpha value is -1.26. The summed E-state index contributed by atoms with van der Waals surface area (Å²) >= 11 is 11.8. The Kier molecular flexibility index (Phi) is 3.54. The van der Waals surface area contributed by atoms with Gasteiger partial charge in [-0.05, 0) is 19.1 Å². The second kappa shape index (κ2) is 4.94. The van der Waals surface area contributed by atoms with Crippen molar-refractivity contribution in [2.75, 3.05) is 5.32 Å². The molecule has 0 aliphatic rings. The van der Waals surface area contributed by atoms with Gasteiger partial charge in [-0.1, -0.05) is 23.2 Å². The normalized spacial score (nSPS) is 10.6. The smallest absolute Gasteiger partial charge is 0.126 e. The summed E-state index contributed by atoms with van der Waals surface area (Å²) in [5, 5.41) is 3.55. The van der Waals surface area contributed by atoms with E-state index >= 15 is 0 Å². The highest BCUT2D eigenvalue weighted by molar-refractivity contribution is 6.39. The van der Waals surface area contributed by atoms with Gasteiger partial charge in [0.25, 0.3) is 0 Å². The molecule has 3 nitrogen and oxygen atoms in total. The fourth-order valence-electron chi connectivity index (χ4n) is 1.46. The molecule has 0 aliphatic carbocycles. The van der Waals surface area contributed by atoms with Crippen LogP contribution in [-0.2, 0) is 6.54 Å². The summed E-state index contributed by atoms with van der Waals surface area (Å²) in [5.74, 6) is 0.376. The number of rotatable bonds is 3. The number of aryl methyl sites for hydroxylation is 1. The van der Waals surface area contributed by atoms with E-state index in [4.69, 9.17) is 23.2 Å². The molecule has 1 aromatic carbocycles. The van der Waals surface area contributed by atoms with Gasteiger partial charge < -0.3 is 10.3 Å². The molecule has 17 heavy (non-hydrogen) atoms. The van der Waals surface area contributed by atoms with Crippen LogP contribution in [0, 0.1) is 12.7 Å². The molecule has 0 unspecified atom stereocenters. The maximum absolute atomic E-state index is 13.0. The first-order valence-electron chi connectivity index (χ1n) is 4.95. The van der Waals surface area contributed by atoms with Crippen LogP contribution in [0.3, 0.4) is 0 Å². The molecule has 0 fully saturated rings. The second-order valence-corrected chi connectivity index (χ2v) is 4.41. The molecule has 0 saturated carbocycles. The number of aromatic nitrogens is 2. The third-order valence-electron chi connectivity index (χ3n) is 2.22. The van der Waals surface area contributed by atoms with Crippen LogP contribution in [0.1, 0.15) is 11.5 Å². The van der Waals surface area contributed by atoms with Crippen LogP contribution in [0.4, 0.5) is 10.1 Å². The molecule has 0 aliphatic heterocycles. The Morgan fingerprint density at radius 2 is 2.00 bits per heavy atom. The fraction of sp³-hybridized carbons (Fsp3) is 0.182. The van der Waals surface area contributed by atoms with E-state index in [9.17, 15) is 4.39 Å². The maximum Gasteiger partial charge on any atom is 0.126 e. The Balaban J connectivity index is 2.14. The zero-order valence-electron chi connectivity index (χ0n) is 9.02. The third-order valence-corrected chi connectivity index (χ3v) is 2.81. The summed E-state index contributed by atoms with van der Waals surface area (Å²) in [5.41, 5.74) is 1.42. The molecule has 0 saturated heterocycles. The molecule has 0 spiro atoms. The summed E-state index contributed by atoms with van der Waals surface area (Å²) in [4.78, 5) is 7.13. The quantitative estimate of drug-likeness (QED) is 0.894. The van der Waals surface area contributed by atoms with Gasteiger partial charge in [-0.2, -0.15) is 0 Å². The van der Waals surface area contributed by atoms with Gasteiger partial charge >= 0.3 is 0 Å². The van der Waals surface area contributed by atoms with Gasteiger partial charge in [0.2, 0.25) is 0 Å². The van der Waals surface area contributed by atoms with Crippen LogP contribution in [0.2, 0.25) is 10.0 Å². The number of imidazole rings is 1. The van der Waals surface area contributed by atoms with Crippen LogP contribution in [0.5, 0.6) is 0 Å². The lowest BCUT2D eigenvalue weighted by Gasteiger charge is -2.09. The molecule has 1 aromatic heterocycles. The van der Waals surface area contributed by atoms with Crippen LogP contribution in [0.25, 0.3) is 0 Å². The zero-order valence-corrected chi connectivity index (χ0v) is 10.5. The predicted octanol–water partition coefficient (Wildman–Crippen LogP) is 3.78. The largest absolute Gasteiger partial charge is 0.377 e. The first kappa shape index (κ1) is 12.2. The zero-order chi connectivity index (χ0) is 12.4. The van der Waals surface area contributed by atoms with Gasteiger partial charge in [0.1, 0.15) is 11.6 Å². The van der Waals surface area contributed by atoms with Gasteiger partial charge in [-0.25, -0.2) is 9.37 Å². The van der Waals surface area contributed by atoms with E-state index in [1.165, 1.54) is 12.1 Å². The highest BCUT2D eigenvalue weighted by Crippen LogP contribution is 2.31. The van der Waals surface area contributed by atoms with Crippen molar-refractivity contribution in [2.24, 2.45) is 0 Å². The fourth-order valence-corrected chi connectivity index (χ4v) is 2.05. The maximum atomic E-state index is 13.0. The van der Waals surface area contributed by atoms with E-state index in [1.807, 2.05) is 6.92 Å². The van der Waals surface area contributed by atoms with E-state index < -0.39 is 5.82 Å². The molecule has 90 valence electrons. The lowest BCUT2D eigenvalue weighted by Crippen LogP contribution is -2.01. The van der Waals surface area contributed by atoms with Gasteiger partial charge in [0.15, 0.2) is 0 Å². The van der Waals surface area contributed by atoms with Crippen molar-refractivity contribution in [3.05, 3.63) is 45.7 Å². The van der Waals surface area contributed by atoms with Gasteiger partial charge in [0.05, 0.1) is 34.2 Å². The monoisotopic (exact) mass is 273 g/mol. The van der Waals surface area contributed by atoms with E-state index in [0.717, 1.165) is 11.5 Å². The number of hydrogen-bond acceptors (Lipinski definition) is 2. The number of aromatic amines is 1. The molecule has 2 rings (SSSR count). The van der Waals surface area contributed by atoms with E-state index in [0.29, 0.717) is 12.2 Å². The molecule has 0 bridgehead atoms. The molecular weight excluding hydrogens is 264 g/mol. The second-order valence-electron chi connectivity index (χ2n) is 3.59. The lowest BCUT2D eigenvalue weighted by molar-refractivity contribution is 0.628. The lowest BCUT2D eigenvalue weighted by atomic mass is 10.3. The molecule has 1 heterocycles. The Bertz CT molecular complexity index is 516. The molecule has 2 N–H and O–H groups in total. The minimum atomic E-state index is -0.456. The number of hydrogen-bond donors (Lipinski definition) is 2. The van der Waals surface area contributed by atoms with Gasteiger partial charge in [-0.15, -0.1) is 0 Å². The minimum Gasteiger partial charge on any atom is -0.377 e. The van der Waals surface area contributed by atoms with Crippen molar-refractivity contribution in [2.45, 2.75) is 13.5 Å². The molecular formula is C11H10Cl2FN3. The molecule has 0 radical (unpaired) electrons. The van der Waals surface area contributed by atoms with Crippen molar-refractivity contribution < 1.29 is 4.39 Å². The Morgan fingerprint density at radius 3 is 2.53 bits per heavy atom. The summed E-state index contributed by atoms with van der Waals surface area (Å²) in [6, 6.07) is 2.43. The third kappa shape index (κ3) is 2.90.